The van der Waals surface area contributed by atoms with E-state index in [0.29, 0.717) is 16.8 Å². The zero-order valence-electron chi connectivity index (χ0n) is 17.2. The molecule has 0 spiro atoms. The van der Waals surface area contributed by atoms with E-state index in [0.717, 1.165) is 0 Å². The third kappa shape index (κ3) is 6.92. The largest absolute Gasteiger partial charge is 0.457 e. The Morgan fingerprint density at radius 2 is 1.37 bits per heavy atom. The summed E-state index contributed by atoms with van der Waals surface area (Å²) in [5.41, 5.74) is 0.654. The molecular formula is C23H24FNO5. The number of carbonyl (C=O) groups is 4. The maximum absolute atomic E-state index is 12.9. The van der Waals surface area contributed by atoms with Gasteiger partial charge in [0.15, 0.2) is 18.2 Å². The lowest BCUT2D eigenvalue weighted by Gasteiger charge is -2.17. The van der Waals surface area contributed by atoms with Gasteiger partial charge in [0.25, 0.3) is 0 Å². The van der Waals surface area contributed by atoms with Gasteiger partial charge in [-0.2, -0.15) is 0 Å². The highest BCUT2D eigenvalue weighted by Gasteiger charge is 2.21. The number of halogens is 1. The molecule has 0 aromatic heterocycles. The molecule has 2 aromatic rings. The first kappa shape index (κ1) is 22.9. The van der Waals surface area contributed by atoms with Crippen molar-refractivity contribution in [3.63, 3.8) is 0 Å². The molecule has 2 aromatic carbocycles. The first-order chi connectivity index (χ1) is 14.1. The smallest absolute Gasteiger partial charge is 0.306 e. The highest BCUT2D eigenvalue weighted by atomic mass is 19.1. The van der Waals surface area contributed by atoms with Gasteiger partial charge in [-0.15, -0.1) is 0 Å². The van der Waals surface area contributed by atoms with Gasteiger partial charge in [0, 0.05) is 28.7 Å². The summed E-state index contributed by atoms with van der Waals surface area (Å²) in [6.45, 7) is 4.93. The Hall–Kier alpha value is -3.35. The first-order valence-electron chi connectivity index (χ1n) is 9.45. The summed E-state index contributed by atoms with van der Waals surface area (Å²) in [5.74, 6) is -1.99. The molecule has 1 N–H and O–H groups in total. The van der Waals surface area contributed by atoms with Crippen molar-refractivity contribution in [2.75, 3.05) is 11.9 Å². The maximum atomic E-state index is 12.9. The second-order valence-corrected chi connectivity index (χ2v) is 7.80. The van der Waals surface area contributed by atoms with Crippen molar-refractivity contribution in [3.8, 4) is 0 Å². The van der Waals surface area contributed by atoms with Gasteiger partial charge in [0.2, 0.25) is 5.91 Å². The van der Waals surface area contributed by atoms with Crippen molar-refractivity contribution in [3.05, 3.63) is 65.5 Å². The van der Waals surface area contributed by atoms with Crippen LogP contribution in [0.1, 0.15) is 54.3 Å². The average molecular weight is 413 g/mol. The van der Waals surface area contributed by atoms with E-state index in [9.17, 15) is 23.6 Å². The Labute approximate surface area is 174 Å². The molecule has 0 bridgehead atoms. The molecule has 0 aliphatic heterocycles. The van der Waals surface area contributed by atoms with Crippen molar-refractivity contribution < 1.29 is 28.3 Å². The average Bonchev–Trinajstić information content (AvgIpc) is 2.70. The van der Waals surface area contributed by atoms with E-state index in [-0.39, 0.29) is 24.5 Å². The van der Waals surface area contributed by atoms with Crippen LogP contribution in [0.25, 0.3) is 0 Å². The van der Waals surface area contributed by atoms with Crippen LogP contribution in [0.5, 0.6) is 0 Å². The van der Waals surface area contributed by atoms with Gasteiger partial charge < -0.3 is 10.1 Å². The van der Waals surface area contributed by atoms with Crippen LogP contribution < -0.4 is 5.32 Å². The summed E-state index contributed by atoms with van der Waals surface area (Å²) < 4.78 is 17.8. The molecular weight excluding hydrogens is 389 g/mol. The monoisotopic (exact) mass is 413 g/mol. The fourth-order valence-corrected chi connectivity index (χ4v) is 2.36. The summed E-state index contributed by atoms with van der Waals surface area (Å²) in [6.07, 6.45) is -0.276. The van der Waals surface area contributed by atoms with Gasteiger partial charge in [0.05, 0.1) is 6.42 Å². The zero-order chi connectivity index (χ0) is 22.3. The normalized spacial score (nSPS) is 10.9. The lowest BCUT2D eigenvalue weighted by Crippen LogP contribution is -2.27. The highest BCUT2D eigenvalue weighted by Crippen LogP contribution is 2.18. The van der Waals surface area contributed by atoms with Crippen molar-refractivity contribution in [1.82, 2.24) is 0 Å². The van der Waals surface area contributed by atoms with E-state index in [4.69, 9.17) is 4.74 Å². The fourth-order valence-electron chi connectivity index (χ4n) is 2.36. The van der Waals surface area contributed by atoms with Crippen LogP contribution in [0, 0.1) is 11.2 Å². The predicted molar refractivity (Wildman–Crippen MR) is 110 cm³/mol. The zero-order valence-corrected chi connectivity index (χ0v) is 17.2. The van der Waals surface area contributed by atoms with Gasteiger partial charge in [-0.1, -0.05) is 20.8 Å². The van der Waals surface area contributed by atoms with Crippen LogP contribution in [0.15, 0.2) is 48.5 Å². The Morgan fingerprint density at radius 3 is 1.93 bits per heavy atom. The maximum Gasteiger partial charge on any atom is 0.306 e. The van der Waals surface area contributed by atoms with E-state index in [2.05, 4.69) is 5.32 Å². The summed E-state index contributed by atoms with van der Waals surface area (Å²) in [7, 11) is 0. The number of hydrogen-bond donors (Lipinski definition) is 1. The summed E-state index contributed by atoms with van der Waals surface area (Å²) in [5, 5.41) is 2.75. The molecule has 0 atom stereocenters. The Kier molecular flexibility index (Phi) is 7.58. The number of carbonyl (C=O) groups excluding carboxylic acids is 4. The van der Waals surface area contributed by atoms with Crippen molar-refractivity contribution >= 4 is 29.1 Å². The molecule has 0 aliphatic carbocycles. The number of ether oxygens (including phenoxy) is 1. The molecule has 0 fully saturated rings. The summed E-state index contributed by atoms with van der Waals surface area (Å²) in [6, 6.07) is 11.3. The minimum Gasteiger partial charge on any atom is -0.457 e. The van der Waals surface area contributed by atoms with E-state index in [1.807, 2.05) is 0 Å². The SMILES string of the molecule is CC(C)(C)C(=O)Nc1ccc(C(=O)COC(=O)CCC(=O)c2ccc(F)cc2)cc1. The number of rotatable bonds is 8. The molecule has 1 amide bonds. The van der Waals surface area contributed by atoms with Crippen LogP contribution in [-0.2, 0) is 14.3 Å². The number of esters is 1. The molecule has 0 saturated carbocycles. The minimum absolute atomic E-state index is 0.0964. The fraction of sp³-hybridized carbons (Fsp3) is 0.304. The van der Waals surface area contributed by atoms with E-state index >= 15 is 0 Å². The van der Waals surface area contributed by atoms with Gasteiger partial charge in [-0.05, 0) is 48.5 Å². The van der Waals surface area contributed by atoms with Crippen LogP contribution in [0.3, 0.4) is 0 Å². The summed E-state index contributed by atoms with van der Waals surface area (Å²) in [4.78, 5) is 47.9. The van der Waals surface area contributed by atoms with Gasteiger partial charge in [-0.3, -0.25) is 19.2 Å². The topological polar surface area (TPSA) is 89.5 Å². The second kappa shape index (κ2) is 9.91. The molecule has 2 rings (SSSR count). The molecule has 30 heavy (non-hydrogen) atoms. The van der Waals surface area contributed by atoms with Gasteiger partial charge >= 0.3 is 5.97 Å². The second-order valence-electron chi connectivity index (χ2n) is 7.80. The van der Waals surface area contributed by atoms with E-state index in [1.54, 1.807) is 32.9 Å². The first-order valence-corrected chi connectivity index (χ1v) is 9.45. The number of Topliss-reactive ketones (excluding diaryl/α,β-unsaturated/α-hetero) is 2. The lowest BCUT2D eigenvalue weighted by atomic mass is 9.95. The molecule has 0 saturated heterocycles. The molecule has 6 nitrogen and oxygen atoms in total. The molecule has 158 valence electrons. The van der Waals surface area contributed by atoms with Crippen LogP contribution in [0.2, 0.25) is 0 Å². The Bertz CT molecular complexity index is 928. The highest BCUT2D eigenvalue weighted by molar-refractivity contribution is 6.00. The quantitative estimate of drug-likeness (QED) is 0.517. The van der Waals surface area contributed by atoms with Crippen molar-refractivity contribution in [1.29, 1.82) is 0 Å². The molecule has 0 aliphatic rings. The third-order valence-corrected chi connectivity index (χ3v) is 4.23. The van der Waals surface area contributed by atoms with Crippen molar-refractivity contribution in [2.24, 2.45) is 5.41 Å². The number of anilines is 1. The van der Waals surface area contributed by atoms with Crippen LogP contribution in [-0.4, -0.2) is 30.0 Å². The molecule has 0 heterocycles. The number of benzene rings is 2. The Balaban J connectivity index is 1.79. The van der Waals surface area contributed by atoms with E-state index in [1.165, 1.54) is 36.4 Å². The predicted octanol–water partition coefficient (Wildman–Crippen LogP) is 4.20. The summed E-state index contributed by atoms with van der Waals surface area (Å²) >= 11 is 0. The lowest BCUT2D eigenvalue weighted by molar-refractivity contribution is -0.142. The number of hydrogen-bond acceptors (Lipinski definition) is 5. The molecule has 7 heteroatoms. The third-order valence-electron chi connectivity index (χ3n) is 4.23. The molecule has 0 radical (unpaired) electrons. The number of ketones is 2. The standard InChI is InChI=1S/C23H24FNO5/c1-23(2,3)22(29)25-18-10-6-16(7-11-18)20(27)14-30-21(28)13-12-19(26)15-4-8-17(24)9-5-15/h4-11H,12-14H2,1-3H3,(H,25,29). The van der Waals surface area contributed by atoms with Gasteiger partial charge in [-0.25, -0.2) is 4.39 Å². The number of amides is 1. The van der Waals surface area contributed by atoms with Crippen LogP contribution in [0.4, 0.5) is 10.1 Å². The minimum atomic E-state index is -0.673. The van der Waals surface area contributed by atoms with E-state index < -0.39 is 29.6 Å². The van der Waals surface area contributed by atoms with Crippen LogP contribution >= 0.6 is 0 Å². The van der Waals surface area contributed by atoms with Gasteiger partial charge in [0.1, 0.15) is 5.82 Å². The van der Waals surface area contributed by atoms with Crippen molar-refractivity contribution in [2.45, 2.75) is 33.6 Å². The molecule has 0 unspecified atom stereocenters. The Morgan fingerprint density at radius 1 is 0.833 bits per heavy atom. The number of nitrogens with one attached hydrogen (secondary N) is 1.